The molecular weight excluding hydrogens is 418 g/mol. The Bertz CT molecular complexity index is 1200. The van der Waals surface area contributed by atoms with Gasteiger partial charge in [0.25, 0.3) is 5.91 Å². The second-order valence-electron chi connectivity index (χ2n) is 7.38. The Labute approximate surface area is 191 Å². The van der Waals surface area contributed by atoms with Gasteiger partial charge in [0.15, 0.2) is 0 Å². The van der Waals surface area contributed by atoms with Crippen LogP contribution < -0.4 is 16.0 Å². The average molecular weight is 444 g/mol. The second-order valence-corrected chi connectivity index (χ2v) is 7.38. The smallest absolute Gasteiger partial charge is 0.309 e. The molecule has 0 saturated heterocycles. The van der Waals surface area contributed by atoms with E-state index in [4.69, 9.17) is 0 Å². The average Bonchev–Trinajstić information content (AvgIpc) is 2.84. The maximum atomic E-state index is 13.0. The highest BCUT2D eigenvalue weighted by molar-refractivity contribution is 6.35. The van der Waals surface area contributed by atoms with E-state index < -0.39 is 11.8 Å². The maximum Gasteiger partial charge on any atom is 0.309 e. The fourth-order valence-corrected chi connectivity index (χ4v) is 3.49. The Kier molecular flexibility index (Phi) is 8.07. The van der Waals surface area contributed by atoms with Crippen LogP contribution in [0.2, 0.25) is 0 Å². The Morgan fingerprint density at radius 3 is 2.39 bits per heavy atom. The molecule has 0 unspecified atom stereocenters. The molecule has 0 aromatic heterocycles. The molecule has 0 bridgehead atoms. The fourth-order valence-electron chi connectivity index (χ4n) is 3.49. The summed E-state index contributed by atoms with van der Waals surface area (Å²) in [7, 11) is 0. The summed E-state index contributed by atoms with van der Waals surface area (Å²) < 4.78 is 0. The summed E-state index contributed by atoms with van der Waals surface area (Å²) >= 11 is 0. The largest absolute Gasteiger partial charge is 0.345 e. The predicted molar refractivity (Wildman–Crippen MR) is 126 cm³/mol. The van der Waals surface area contributed by atoms with Crippen molar-refractivity contribution < 1.29 is 19.2 Å². The van der Waals surface area contributed by atoms with Crippen LogP contribution in [0.1, 0.15) is 34.5 Å². The molecule has 1 atom stereocenters. The van der Waals surface area contributed by atoms with Gasteiger partial charge in [0.1, 0.15) is 6.29 Å². The van der Waals surface area contributed by atoms with E-state index in [0.29, 0.717) is 17.4 Å². The number of allylic oxidation sites excluding steroid dienone is 1. The molecule has 3 amide bonds. The highest BCUT2D eigenvalue weighted by atomic mass is 16.2. The topological polar surface area (TPSA) is 104 Å². The van der Waals surface area contributed by atoms with E-state index >= 15 is 0 Å². The van der Waals surface area contributed by atoms with Crippen LogP contribution in [-0.4, -0.2) is 30.6 Å². The molecule has 3 aromatic carbocycles. The minimum absolute atomic E-state index is 0.0165. The van der Waals surface area contributed by atoms with Gasteiger partial charge in [-0.3, -0.25) is 19.2 Å². The molecule has 0 heterocycles. The van der Waals surface area contributed by atoms with Gasteiger partial charge in [0.05, 0.1) is 6.04 Å². The number of amides is 3. The van der Waals surface area contributed by atoms with Crippen molar-refractivity contribution in [2.45, 2.75) is 19.5 Å². The van der Waals surface area contributed by atoms with Crippen LogP contribution in [0.15, 0.2) is 78.9 Å². The van der Waals surface area contributed by atoms with Crippen LogP contribution in [0.3, 0.4) is 0 Å². The molecule has 3 N–H and O–H groups in total. The number of hydrogen-bond acceptors (Lipinski definition) is 4. The number of fused-ring (bicyclic) bond motifs is 1. The van der Waals surface area contributed by atoms with Gasteiger partial charge in [-0.1, -0.05) is 66.7 Å². The van der Waals surface area contributed by atoms with Gasteiger partial charge < -0.3 is 16.0 Å². The van der Waals surface area contributed by atoms with Crippen molar-refractivity contribution in [3.05, 3.63) is 95.6 Å². The van der Waals surface area contributed by atoms with Crippen molar-refractivity contribution in [2.24, 2.45) is 0 Å². The Balaban J connectivity index is 1.66. The van der Waals surface area contributed by atoms with Crippen LogP contribution in [-0.2, 0) is 20.9 Å². The molecule has 7 heteroatoms. The zero-order chi connectivity index (χ0) is 23.6. The molecule has 0 saturated carbocycles. The number of benzene rings is 3. The molecule has 0 fully saturated rings. The first-order chi connectivity index (χ1) is 16.0. The Morgan fingerprint density at radius 2 is 1.58 bits per heavy atom. The van der Waals surface area contributed by atoms with Crippen molar-refractivity contribution in [3.63, 3.8) is 0 Å². The second kappa shape index (κ2) is 11.4. The molecule has 3 aromatic rings. The highest BCUT2D eigenvalue weighted by Gasteiger charge is 2.18. The van der Waals surface area contributed by atoms with Crippen molar-refractivity contribution in [1.29, 1.82) is 0 Å². The lowest BCUT2D eigenvalue weighted by Gasteiger charge is -2.18. The van der Waals surface area contributed by atoms with Gasteiger partial charge in [-0.2, -0.15) is 0 Å². The Hall–Kier alpha value is -4.26. The lowest BCUT2D eigenvalue weighted by Crippen LogP contribution is -2.40. The van der Waals surface area contributed by atoms with Gasteiger partial charge in [-0.05, 0) is 41.0 Å². The third-order valence-electron chi connectivity index (χ3n) is 5.14. The van der Waals surface area contributed by atoms with E-state index in [9.17, 15) is 19.2 Å². The van der Waals surface area contributed by atoms with E-state index in [1.54, 1.807) is 24.3 Å². The minimum atomic E-state index is -0.825. The normalized spacial score (nSPS) is 11.7. The van der Waals surface area contributed by atoms with Crippen molar-refractivity contribution in [2.75, 3.05) is 6.54 Å². The Morgan fingerprint density at radius 1 is 0.879 bits per heavy atom. The van der Waals surface area contributed by atoms with Gasteiger partial charge >= 0.3 is 11.8 Å². The number of carbonyl (C=O) groups is 4. The van der Waals surface area contributed by atoms with E-state index in [-0.39, 0.29) is 25.0 Å². The first-order valence-electron chi connectivity index (χ1n) is 10.5. The molecule has 7 nitrogen and oxygen atoms in total. The molecule has 0 spiro atoms. The quantitative estimate of drug-likeness (QED) is 0.283. The molecule has 0 aliphatic heterocycles. The van der Waals surface area contributed by atoms with Crippen LogP contribution >= 0.6 is 0 Å². The molecule has 33 heavy (non-hydrogen) atoms. The third kappa shape index (κ3) is 6.13. The summed E-state index contributed by atoms with van der Waals surface area (Å²) in [6, 6.07) is 20.6. The van der Waals surface area contributed by atoms with E-state index in [1.165, 1.54) is 12.2 Å². The van der Waals surface area contributed by atoms with Crippen molar-refractivity contribution in [3.8, 4) is 0 Å². The van der Waals surface area contributed by atoms with Crippen molar-refractivity contribution in [1.82, 2.24) is 16.0 Å². The lowest BCUT2D eigenvalue weighted by molar-refractivity contribution is -0.139. The monoisotopic (exact) mass is 443 g/mol. The molecule has 0 aliphatic rings. The molecule has 168 valence electrons. The molecule has 0 radical (unpaired) electrons. The predicted octanol–water partition coefficient (Wildman–Crippen LogP) is 2.82. The number of rotatable bonds is 8. The van der Waals surface area contributed by atoms with Gasteiger partial charge in [-0.15, -0.1) is 0 Å². The lowest BCUT2D eigenvalue weighted by atomic mass is 9.99. The van der Waals surface area contributed by atoms with Crippen LogP contribution in [0.25, 0.3) is 10.8 Å². The van der Waals surface area contributed by atoms with E-state index in [0.717, 1.165) is 16.3 Å². The number of aldehydes is 1. The maximum absolute atomic E-state index is 13.0. The summed E-state index contributed by atoms with van der Waals surface area (Å²) in [6.07, 6.45) is 3.23. The minimum Gasteiger partial charge on any atom is -0.345 e. The van der Waals surface area contributed by atoms with Crippen LogP contribution in [0, 0.1) is 0 Å². The molecular formula is C26H25N3O4. The summed E-state index contributed by atoms with van der Waals surface area (Å²) in [5.41, 5.74) is 2.01. The summed E-state index contributed by atoms with van der Waals surface area (Å²) in [5, 5.41) is 10.1. The summed E-state index contributed by atoms with van der Waals surface area (Å²) in [4.78, 5) is 47.1. The summed E-state index contributed by atoms with van der Waals surface area (Å²) in [6.45, 7) is 2.01. The van der Waals surface area contributed by atoms with Crippen LogP contribution in [0.5, 0.6) is 0 Å². The van der Waals surface area contributed by atoms with Gasteiger partial charge in [-0.25, -0.2) is 0 Å². The number of nitrogens with one attached hydrogen (secondary N) is 3. The first-order valence-corrected chi connectivity index (χ1v) is 10.5. The fraction of sp³-hybridized carbons (Fsp3) is 0.154. The number of hydrogen-bond donors (Lipinski definition) is 3. The third-order valence-corrected chi connectivity index (χ3v) is 5.14. The highest BCUT2D eigenvalue weighted by Crippen LogP contribution is 2.24. The molecule has 0 aliphatic carbocycles. The molecule has 3 rings (SSSR count). The number of carbonyl (C=O) groups excluding carboxylic acids is 4. The first kappa shape index (κ1) is 23.4. The van der Waals surface area contributed by atoms with Crippen molar-refractivity contribution >= 4 is 34.8 Å². The van der Waals surface area contributed by atoms with Gasteiger partial charge in [0, 0.05) is 18.7 Å². The zero-order valence-corrected chi connectivity index (χ0v) is 18.2. The standard InChI is InChI=1S/C26H25N3O4/c1-18(21-14-8-11-19-9-2-4-12-22(19)21)29-24(31)23-13-5-3-10-20(23)17-28-26(33)25(32)27-15-6-7-16-30/h2-14,16,18H,15,17H2,1H3,(H,27,32)(H,28,33)(H,29,31)/b7-6+/t18-/m1/s1. The van der Waals surface area contributed by atoms with Crippen LogP contribution in [0.4, 0.5) is 0 Å². The summed E-state index contributed by atoms with van der Waals surface area (Å²) in [5.74, 6) is -1.92. The van der Waals surface area contributed by atoms with E-state index in [2.05, 4.69) is 16.0 Å². The zero-order valence-electron chi connectivity index (χ0n) is 18.2. The van der Waals surface area contributed by atoms with Gasteiger partial charge in [0.2, 0.25) is 0 Å². The SMILES string of the molecule is C[C@@H](NC(=O)c1ccccc1CNC(=O)C(=O)NC/C=C/C=O)c1cccc2ccccc12. The van der Waals surface area contributed by atoms with E-state index in [1.807, 2.05) is 49.4 Å².